The third-order valence-corrected chi connectivity index (χ3v) is 5.70. The zero-order chi connectivity index (χ0) is 21.0. The van der Waals surface area contributed by atoms with Crippen molar-refractivity contribution in [1.82, 2.24) is 4.98 Å². The average Bonchev–Trinajstić information content (AvgIpc) is 2.73. The maximum Gasteiger partial charge on any atom is 0.129 e. The van der Waals surface area contributed by atoms with Gasteiger partial charge in [-0.1, -0.05) is 43.6 Å². The monoisotopic (exact) mass is 409 g/mol. The van der Waals surface area contributed by atoms with Crippen LogP contribution in [0, 0.1) is 13.8 Å². The molecule has 0 atom stereocenters. The Labute approximate surface area is 178 Å². The van der Waals surface area contributed by atoms with Gasteiger partial charge in [-0.25, -0.2) is 0 Å². The molecule has 1 aromatic heterocycles. The molecule has 152 valence electrons. The van der Waals surface area contributed by atoms with Crippen LogP contribution >= 0.6 is 11.6 Å². The average molecular weight is 410 g/mol. The Morgan fingerprint density at radius 1 is 0.966 bits per heavy atom. The van der Waals surface area contributed by atoms with Gasteiger partial charge in [-0.15, -0.1) is 0 Å². The molecule has 4 heteroatoms. The van der Waals surface area contributed by atoms with Crippen molar-refractivity contribution in [2.45, 2.75) is 47.1 Å². The number of pyridine rings is 1. The maximum atomic E-state index is 6.11. The van der Waals surface area contributed by atoms with Crippen LogP contribution in [-0.4, -0.2) is 12.1 Å². The number of aromatic nitrogens is 1. The van der Waals surface area contributed by atoms with Gasteiger partial charge in [0.1, 0.15) is 18.1 Å². The van der Waals surface area contributed by atoms with E-state index in [1.165, 1.54) is 16.7 Å². The number of halogens is 1. The lowest BCUT2D eigenvalue weighted by molar-refractivity contribution is 0.295. The molecular weight excluding hydrogens is 382 g/mol. The van der Waals surface area contributed by atoms with Gasteiger partial charge < -0.3 is 9.47 Å². The van der Waals surface area contributed by atoms with Crippen LogP contribution in [0.2, 0.25) is 5.02 Å². The second kappa shape index (κ2) is 9.32. The van der Waals surface area contributed by atoms with Gasteiger partial charge in [0.2, 0.25) is 0 Å². The number of benzene rings is 2. The van der Waals surface area contributed by atoms with Gasteiger partial charge in [0.05, 0.1) is 18.4 Å². The summed E-state index contributed by atoms with van der Waals surface area (Å²) < 4.78 is 11.7. The minimum absolute atomic E-state index is 0.388. The van der Waals surface area contributed by atoms with Gasteiger partial charge in [0.25, 0.3) is 0 Å². The number of nitrogens with zero attached hydrogens (tertiary/aromatic N) is 1. The van der Waals surface area contributed by atoms with Crippen LogP contribution in [0.5, 0.6) is 11.5 Å². The Kier molecular flexibility index (Phi) is 6.81. The summed E-state index contributed by atoms with van der Waals surface area (Å²) in [6.07, 6.45) is 1.93. The first-order valence-corrected chi connectivity index (χ1v) is 10.4. The Morgan fingerprint density at radius 3 is 2.24 bits per heavy atom. The smallest absolute Gasteiger partial charge is 0.129 e. The molecule has 29 heavy (non-hydrogen) atoms. The van der Waals surface area contributed by atoms with E-state index in [9.17, 15) is 0 Å². The number of aryl methyl sites for hydroxylation is 4. The van der Waals surface area contributed by atoms with Gasteiger partial charge in [-0.3, -0.25) is 4.98 Å². The summed E-state index contributed by atoms with van der Waals surface area (Å²) in [5.74, 6) is 1.58. The van der Waals surface area contributed by atoms with E-state index >= 15 is 0 Å². The zero-order valence-corrected chi connectivity index (χ0v) is 18.6. The molecule has 3 nitrogen and oxygen atoms in total. The van der Waals surface area contributed by atoms with E-state index in [1.54, 1.807) is 7.11 Å². The lowest BCUT2D eigenvalue weighted by Crippen LogP contribution is -2.05. The lowest BCUT2D eigenvalue weighted by atomic mass is 9.94. The van der Waals surface area contributed by atoms with Crippen molar-refractivity contribution in [3.63, 3.8) is 0 Å². The molecule has 0 aliphatic carbocycles. The molecule has 0 radical (unpaired) electrons. The molecular formula is C25H28ClNO2. The fraction of sp³-hybridized carbons (Fsp3) is 0.320. The minimum atomic E-state index is 0.388. The Hall–Kier alpha value is -2.52. The van der Waals surface area contributed by atoms with Crippen LogP contribution in [-0.2, 0) is 19.4 Å². The van der Waals surface area contributed by atoms with Crippen molar-refractivity contribution in [3.8, 4) is 22.8 Å². The number of ether oxygens (including phenoxy) is 2. The summed E-state index contributed by atoms with van der Waals surface area (Å²) in [7, 11) is 1.70. The highest BCUT2D eigenvalue weighted by Gasteiger charge is 2.16. The molecule has 3 rings (SSSR count). The molecule has 0 N–H and O–H groups in total. The molecule has 3 aromatic rings. The minimum Gasteiger partial charge on any atom is -0.496 e. The Morgan fingerprint density at radius 2 is 1.66 bits per heavy atom. The second-order valence-electron chi connectivity index (χ2n) is 7.13. The summed E-state index contributed by atoms with van der Waals surface area (Å²) in [6, 6.07) is 14.2. The van der Waals surface area contributed by atoms with E-state index in [-0.39, 0.29) is 0 Å². The SMILES string of the molecule is CCc1cccc(CC)c1-c1cc(OC)c(COc2ccc(Cl)c(C)c2)c(C)n1. The predicted molar refractivity (Wildman–Crippen MR) is 120 cm³/mol. The highest BCUT2D eigenvalue weighted by atomic mass is 35.5. The van der Waals surface area contributed by atoms with Crippen molar-refractivity contribution in [2.75, 3.05) is 7.11 Å². The molecule has 0 saturated carbocycles. The highest BCUT2D eigenvalue weighted by Crippen LogP contribution is 2.33. The third kappa shape index (κ3) is 4.56. The maximum absolute atomic E-state index is 6.11. The molecule has 1 heterocycles. The highest BCUT2D eigenvalue weighted by molar-refractivity contribution is 6.31. The molecule has 0 aliphatic heterocycles. The first-order chi connectivity index (χ1) is 14.0. The molecule has 0 unspecified atom stereocenters. The Bertz CT molecular complexity index is 992. The molecule has 0 bridgehead atoms. The molecule has 0 amide bonds. The summed E-state index contributed by atoms with van der Waals surface area (Å²) in [5.41, 5.74) is 7.65. The summed E-state index contributed by atoms with van der Waals surface area (Å²) in [4.78, 5) is 4.93. The number of rotatable bonds is 7. The zero-order valence-electron chi connectivity index (χ0n) is 17.8. The number of hydrogen-bond acceptors (Lipinski definition) is 3. The summed E-state index contributed by atoms with van der Waals surface area (Å²) in [6.45, 7) is 8.72. The first kappa shape index (κ1) is 21.2. The van der Waals surface area contributed by atoms with E-state index in [0.29, 0.717) is 6.61 Å². The quantitative estimate of drug-likeness (QED) is 0.433. The van der Waals surface area contributed by atoms with E-state index < -0.39 is 0 Å². The topological polar surface area (TPSA) is 31.4 Å². The van der Waals surface area contributed by atoms with Crippen LogP contribution in [0.4, 0.5) is 0 Å². The normalized spacial score (nSPS) is 10.8. The molecule has 0 spiro atoms. The van der Waals surface area contributed by atoms with Gasteiger partial charge in [0, 0.05) is 22.3 Å². The largest absolute Gasteiger partial charge is 0.496 e. The van der Waals surface area contributed by atoms with Crippen molar-refractivity contribution < 1.29 is 9.47 Å². The van der Waals surface area contributed by atoms with Gasteiger partial charge in [-0.05, 0) is 61.6 Å². The lowest BCUT2D eigenvalue weighted by Gasteiger charge is -2.17. The molecule has 2 aromatic carbocycles. The number of hydrogen-bond donors (Lipinski definition) is 0. The van der Waals surface area contributed by atoms with Crippen LogP contribution in [0.15, 0.2) is 42.5 Å². The van der Waals surface area contributed by atoms with Crippen molar-refractivity contribution in [3.05, 3.63) is 75.4 Å². The van der Waals surface area contributed by atoms with Crippen LogP contribution < -0.4 is 9.47 Å². The van der Waals surface area contributed by atoms with Crippen molar-refractivity contribution in [1.29, 1.82) is 0 Å². The van der Waals surface area contributed by atoms with Gasteiger partial charge >= 0.3 is 0 Å². The fourth-order valence-corrected chi connectivity index (χ4v) is 3.71. The molecule has 0 saturated heterocycles. The van der Waals surface area contributed by atoms with E-state index in [1.807, 2.05) is 38.1 Å². The van der Waals surface area contributed by atoms with Gasteiger partial charge in [-0.2, -0.15) is 0 Å². The number of methoxy groups -OCH3 is 1. The first-order valence-electron chi connectivity index (χ1n) is 10.0. The summed E-state index contributed by atoms with van der Waals surface area (Å²) in [5, 5.41) is 0.735. The molecule has 0 fully saturated rings. The second-order valence-corrected chi connectivity index (χ2v) is 7.54. The van der Waals surface area contributed by atoms with Crippen molar-refractivity contribution >= 4 is 11.6 Å². The van der Waals surface area contributed by atoms with Crippen LogP contribution in [0.3, 0.4) is 0 Å². The molecule has 0 aliphatic rings. The Balaban J connectivity index is 1.97. The summed E-state index contributed by atoms with van der Waals surface area (Å²) >= 11 is 6.11. The van der Waals surface area contributed by atoms with Gasteiger partial charge in [0.15, 0.2) is 0 Å². The van der Waals surface area contributed by atoms with E-state index in [2.05, 4.69) is 32.0 Å². The van der Waals surface area contributed by atoms with Crippen LogP contribution in [0.25, 0.3) is 11.3 Å². The predicted octanol–water partition coefficient (Wildman–Crippen LogP) is 6.73. The van der Waals surface area contributed by atoms with Crippen molar-refractivity contribution in [2.24, 2.45) is 0 Å². The standard InChI is InChI=1S/C25H28ClNO2/c1-6-18-9-8-10-19(7-2)25(18)23-14-24(28-5)21(17(4)27-23)15-29-20-11-12-22(26)16(3)13-20/h8-14H,6-7,15H2,1-5H3. The third-order valence-electron chi connectivity index (χ3n) is 5.28. The van der Waals surface area contributed by atoms with E-state index in [4.69, 9.17) is 26.1 Å². The fourth-order valence-electron chi connectivity index (χ4n) is 3.59. The van der Waals surface area contributed by atoms with E-state index in [0.717, 1.165) is 51.9 Å². The van der Waals surface area contributed by atoms with Crippen LogP contribution in [0.1, 0.15) is 41.8 Å².